The zero-order valence-electron chi connectivity index (χ0n) is 21.3. The van der Waals surface area contributed by atoms with Gasteiger partial charge in [0.2, 0.25) is 0 Å². The lowest BCUT2D eigenvalue weighted by molar-refractivity contribution is -0.130. The van der Waals surface area contributed by atoms with Gasteiger partial charge in [-0.3, -0.25) is 4.79 Å². The van der Waals surface area contributed by atoms with Crippen molar-refractivity contribution >= 4 is 24.5 Å². The molecule has 3 heteroatoms. The van der Waals surface area contributed by atoms with Crippen LogP contribution in [-0.4, -0.2) is 20.7 Å². The van der Waals surface area contributed by atoms with Crippen molar-refractivity contribution in [3.63, 3.8) is 0 Å². The largest absolute Gasteiger partial charge is 0.407 e. The van der Waals surface area contributed by atoms with Gasteiger partial charge in [-0.1, -0.05) is 95.3 Å². The number of carbonyl (C=O) groups excluding carboxylic acids is 1. The maximum atomic E-state index is 12.6. The molecule has 0 saturated heterocycles. The van der Waals surface area contributed by atoms with E-state index in [9.17, 15) is 4.79 Å². The monoisotopic (exact) mass is 462 g/mol. The maximum absolute atomic E-state index is 12.6. The molecule has 2 fully saturated rings. The first-order chi connectivity index (χ1) is 15.7. The highest BCUT2D eigenvalue weighted by Crippen LogP contribution is 2.57. The number of fused-ring (bicyclic) bond motifs is 1. The summed E-state index contributed by atoms with van der Waals surface area (Å²) in [5, 5.41) is 2.71. The van der Waals surface area contributed by atoms with Crippen LogP contribution in [0.5, 0.6) is 0 Å². The molecule has 0 heterocycles. The van der Waals surface area contributed by atoms with Gasteiger partial charge in [-0.25, -0.2) is 0 Å². The molecule has 2 nitrogen and oxygen atoms in total. The summed E-state index contributed by atoms with van der Waals surface area (Å²) in [5.74, 6) is 2.04. The minimum Gasteiger partial charge on any atom is -0.407 e. The Morgan fingerprint density at radius 3 is 2.12 bits per heavy atom. The molecule has 0 bridgehead atoms. The van der Waals surface area contributed by atoms with Crippen molar-refractivity contribution in [2.24, 2.45) is 23.2 Å². The summed E-state index contributed by atoms with van der Waals surface area (Å²) in [4.78, 5) is 12.6. The summed E-state index contributed by atoms with van der Waals surface area (Å²) >= 11 is 0. The SMILES string of the molecule is C[C@H](CCO[Si](c1ccccc1)(c1ccccc1)C(C)(C)C)[C@H]1CC[C@H]2C(=O)CCC[C@]12C. The first-order valence-corrected chi connectivity index (χ1v) is 14.9. The van der Waals surface area contributed by atoms with Crippen molar-refractivity contribution in [2.45, 2.75) is 78.2 Å². The Bertz CT molecular complexity index is 893. The van der Waals surface area contributed by atoms with E-state index < -0.39 is 8.32 Å². The quantitative estimate of drug-likeness (QED) is 0.447. The molecule has 178 valence electrons. The number of rotatable bonds is 7. The Hall–Kier alpha value is -1.71. The molecule has 0 amide bonds. The normalized spacial score (nSPS) is 26.8. The lowest BCUT2D eigenvalue weighted by atomic mass is 9.62. The molecule has 2 saturated carbocycles. The third-order valence-electron chi connectivity index (χ3n) is 8.93. The molecule has 33 heavy (non-hydrogen) atoms. The van der Waals surface area contributed by atoms with Gasteiger partial charge >= 0.3 is 0 Å². The average Bonchev–Trinajstić information content (AvgIpc) is 3.15. The molecule has 0 aliphatic heterocycles. The Balaban J connectivity index is 1.57. The summed E-state index contributed by atoms with van der Waals surface area (Å²) in [7, 11) is -2.47. The van der Waals surface area contributed by atoms with E-state index >= 15 is 0 Å². The second kappa shape index (κ2) is 9.50. The van der Waals surface area contributed by atoms with Crippen molar-refractivity contribution in [1.82, 2.24) is 0 Å². The average molecular weight is 463 g/mol. The van der Waals surface area contributed by atoms with Crippen LogP contribution in [-0.2, 0) is 9.22 Å². The summed E-state index contributed by atoms with van der Waals surface area (Å²) in [6, 6.07) is 21.9. The van der Waals surface area contributed by atoms with Gasteiger partial charge < -0.3 is 4.43 Å². The molecule has 4 rings (SSSR count). The summed E-state index contributed by atoms with van der Waals surface area (Å²) < 4.78 is 7.16. The van der Waals surface area contributed by atoms with Crippen molar-refractivity contribution in [2.75, 3.05) is 6.61 Å². The predicted octanol–water partition coefficient (Wildman–Crippen LogP) is 6.37. The molecule has 2 aliphatic rings. The summed E-state index contributed by atoms with van der Waals surface area (Å²) in [6.45, 7) is 12.6. The van der Waals surface area contributed by atoms with Crippen molar-refractivity contribution in [3.8, 4) is 0 Å². The highest BCUT2D eigenvalue weighted by molar-refractivity contribution is 6.99. The Morgan fingerprint density at radius 2 is 1.58 bits per heavy atom. The van der Waals surface area contributed by atoms with E-state index in [1.165, 1.54) is 23.2 Å². The van der Waals surface area contributed by atoms with E-state index in [0.717, 1.165) is 32.3 Å². The molecule has 0 unspecified atom stereocenters. The van der Waals surface area contributed by atoms with E-state index in [-0.39, 0.29) is 10.5 Å². The zero-order chi connectivity index (χ0) is 23.7. The van der Waals surface area contributed by atoms with Gasteiger partial charge in [0.05, 0.1) is 0 Å². The Labute approximate surface area is 202 Å². The van der Waals surface area contributed by atoms with Gasteiger partial charge in [0.1, 0.15) is 5.78 Å². The molecule has 2 aromatic carbocycles. The van der Waals surface area contributed by atoms with Crippen LogP contribution in [0.3, 0.4) is 0 Å². The second-order valence-electron chi connectivity index (χ2n) is 11.8. The van der Waals surface area contributed by atoms with Crippen molar-refractivity contribution < 1.29 is 9.22 Å². The fourth-order valence-corrected chi connectivity index (χ4v) is 11.8. The van der Waals surface area contributed by atoms with Crippen LogP contribution in [0.4, 0.5) is 0 Å². The zero-order valence-corrected chi connectivity index (χ0v) is 22.3. The fourth-order valence-electron chi connectivity index (χ4n) is 7.27. The van der Waals surface area contributed by atoms with Crippen molar-refractivity contribution in [1.29, 1.82) is 0 Å². The van der Waals surface area contributed by atoms with Crippen LogP contribution < -0.4 is 10.4 Å². The van der Waals surface area contributed by atoms with E-state index in [1.54, 1.807) is 0 Å². The van der Waals surface area contributed by atoms with E-state index in [0.29, 0.717) is 23.5 Å². The Morgan fingerprint density at radius 1 is 1.00 bits per heavy atom. The van der Waals surface area contributed by atoms with Gasteiger partial charge in [0, 0.05) is 18.9 Å². The first kappa shape index (κ1) is 24.4. The van der Waals surface area contributed by atoms with Crippen LogP contribution in [0.25, 0.3) is 0 Å². The standard InChI is InChI=1S/C30H42O2Si/c1-23(26-18-19-27-28(31)17-12-21-30(26,27)5)20-22-32-33(29(2,3)4,24-13-8-6-9-14-24)25-15-10-7-11-16-25/h6-11,13-16,23,26-27H,12,17-22H2,1-5H3/t23-,26-,27+,30-/m1/s1. The van der Waals surface area contributed by atoms with E-state index in [2.05, 4.69) is 95.3 Å². The molecule has 0 N–H and O–H groups in total. The number of Topliss-reactive ketones (excluding diaryl/α,β-unsaturated/α-hetero) is 1. The molecule has 0 radical (unpaired) electrons. The van der Waals surface area contributed by atoms with Gasteiger partial charge in [-0.2, -0.15) is 0 Å². The summed E-state index contributed by atoms with van der Waals surface area (Å²) in [5.41, 5.74) is 0.201. The van der Waals surface area contributed by atoms with Crippen LogP contribution in [0, 0.1) is 23.2 Å². The minimum absolute atomic E-state index is 0.0131. The second-order valence-corrected chi connectivity index (χ2v) is 16.1. The van der Waals surface area contributed by atoms with Gasteiger partial charge in [-0.15, -0.1) is 0 Å². The topological polar surface area (TPSA) is 26.3 Å². The van der Waals surface area contributed by atoms with Crippen LogP contribution >= 0.6 is 0 Å². The lowest BCUT2D eigenvalue weighted by Gasteiger charge is -2.44. The van der Waals surface area contributed by atoms with Crippen LogP contribution in [0.2, 0.25) is 5.04 Å². The molecule has 0 spiro atoms. The molecular weight excluding hydrogens is 420 g/mol. The fraction of sp³-hybridized carbons (Fsp3) is 0.567. The van der Waals surface area contributed by atoms with E-state index in [4.69, 9.17) is 4.43 Å². The third-order valence-corrected chi connectivity index (χ3v) is 14.0. The third kappa shape index (κ3) is 4.39. The van der Waals surface area contributed by atoms with Crippen molar-refractivity contribution in [3.05, 3.63) is 60.7 Å². The maximum Gasteiger partial charge on any atom is 0.261 e. The lowest BCUT2D eigenvalue weighted by Crippen LogP contribution is -2.66. The smallest absolute Gasteiger partial charge is 0.261 e. The predicted molar refractivity (Wildman–Crippen MR) is 141 cm³/mol. The molecule has 2 aromatic rings. The van der Waals surface area contributed by atoms with Gasteiger partial charge in [-0.05, 0) is 64.8 Å². The minimum atomic E-state index is -2.47. The molecule has 0 aromatic heterocycles. The number of carbonyl (C=O) groups is 1. The van der Waals surface area contributed by atoms with Gasteiger partial charge in [0.15, 0.2) is 0 Å². The summed E-state index contributed by atoms with van der Waals surface area (Å²) in [6.07, 6.45) is 6.46. The van der Waals surface area contributed by atoms with Crippen LogP contribution in [0.1, 0.15) is 73.1 Å². The number of benzene rings is 2. The van der Waals surface area contributed by atoms with Crippen LogP contribution in [0.15, 0.2) is 60.7 Å². The molecule has 4 atom stereocenters. The highest BCUT2D eigenvalue weighted by Gasteiger charge is 2.53. The number of hydrogen-bond donors (Lipinski definition) is 0. The number of ketones is 1. The molecule has 2 aliphatic carbocycles. The van der Waals surface area contributed by atoms with Gasteiger partial charge in [0.25, 0.3) is 8.32 Å². The number of hydrogen-bond acceptors (Lipinski definition) is 2. The Kier molecular flexibility index (Phi) is 7.03. The highest BCUT2D eigenvalue weighted by atomic mass is 28.4. The van der Waals surface area contributed by atoms with E-state index in [1.807, 2.05) is 0 Å². The first-order valence-electron chi connectivity index (χ1n) is 13.0. The molecular formula is C30H42O2Si.